The van der Waals surface area contributed by atoms with E-state index in [2.05, 4.69) is 50.9 Å². The van der Waals surface area contributed by atoms with Gasteiger partial charge in [-0.25, -0.2) is 4.98 Å². The smallest absolute Gasteiger partial charge is 0.239 e. The largest absolute Gasteiger partial charge is 0.338 e. The zero-order valence-corrected chi connectivity index (χ0v) is 14.0. The number of aromatic nitrogens is 4. The summed E-state index contributed by atoms with van der Waals surface area (Å²) in [4.78, 5) is 8.99. The Morgan fingerprint density at radius 2 is 2.04 bits per heavy atom. The van der Waals surface area contributed by atoms with E-state index in [0.717, 1.165) is 5.16 Å². The molecule has 0 unspecified atom stereocenters. The SMILES string of the molecule is Cc1noc([C@H](C)Sc2ncc(-c3ccccc3)n2C2CC2)n1. The van der Waals surface area contributed by atoms with Crippen LogP contribution >= 0.6 is 11.8 Å². The van der Waals surface area contributed by atoms with Crippen molar-refractivity contribution < 1.29 is 4.52 Å². The second-order valence-electron chi connectivity index (χ2n) is 5.83. The number of thioether (sulfide) groups is 1. The molecule has 0 saturated heterocycles. The van der Waals surface area contributed by atoms with Crippen molar-refractivity contribution in [1.29, 1.82) is 0 Å². The monoisotopic (exact) mass is 326 g/mol. The van der Waals surface area contributed by atoms with Gasteiger partial charge in [0.25, 0.3) is 0 Å². The third kappa shape index (κ3) is 2.91. The number of rotatable bonds is 5. The van der Waals surface area contributed by atoms with Gasteiger partial charge in [-0.15, -0.1) is 0 Å². The highest BCUT2D eigenvalue weighted by Crippen LogP contribution is 2.44. The van der Waals surface area contributed by atoms with Gasteiger partial charge in [0.15, 0.2) is 11.0 Å². The molecule has 2 heterocycles. The summed E-state index contributed by atoms with van der Waals surface area (Å²) >= 11 is 1.68. The molecule has 1 atom stereocenters. The van der Waals surface area contributed by atoms with Crippen molar-refractivity contribution in [3.63, 3.8) is 0 Å². The Morgan fingerprint density at radius 1 is 1.26 bits per heavy atom. The van der Waals surface area contributed by atoms with Crippen LogP contribution in [0.4, 0.5) is 0 Å². The maximum absolute atomic E-state index is 5.29. The lowest BCUT2D eigenvalue weighted by Gasteiger charge is -2.12. The lowest BCUT2D eigenvalue weighted by atomic mass is 10.2. The fourth-order valence-corrected chi connectivity index (χ4v) is 3.61. The van der Waals surface area contributed by atoms with E-state index in [0.29, 0.717) is 17.8 Å². The lowest BCUT2D eigenvalue weighted by molar-refractivity contribution is 0.376. The van der Waals surface area contributed by atoms with E-state index in [-0.39, 0.29) is 5.25 Å². The lowest BCUT2D eigenvalue weighted by Crippen LogP contribution is -2.00. The average Bonchev–Trinajstić information content (AvgIpc) is 3.17. The van der Waals surface area contributed by atoms with Crippen LogP contribution in [0.2, 0.25) is 0 Å². The topological polar surface area (TPSA) is 56.7 Å². The minimum atomic E-state index is 0.0831. The van der Waals surface area contributed by atoms with E-state index in [1.807, 2.05) is 19.2 Å². The number of benzene rings is 1. The number of aryl methyl sites for hydroxylation is 1. The maximum atomic E-state index is 5.29. The molecule has 3 aromatic rings. The zero-order valence-electron chi connectivity index (χ0n) is 13.1. The van der Waals surface area contributed by atoms with Gasteiger partial charge in [-0.1, -0.05) is 47.3 Å². The van der Waals surface area contributed by atoms with Gasteiger partial charge in [0.05, 0.1) is 17.1 Å². The molecule has 0 aliphatic heterocycles. The van der Waals surface area contributed by atoms with E-state index in [1.54, 1.807) is 11.8 Å². The fraction of sp³-hybridized carbons (Fsp3) is 0.353. The molecular formula is C17H18N4OS. The molecule has 0 N–H and O–H groups in total. The first-order valence-electron chi connectivity index (χ1n) is 7.82. The predicted octanol–water partition coefficient (Wildman–Crippen LogP) is 4.43. The summed E-state index contributed by atoms with van der Waals surface area (Å²) in [5, 5.41) is 4.98. The van der Waals surface area contributed by atoms with Crippen molar-refractivity contribution >= 4 is 11.8 Å². The second-order valence-corrected chi connectivity index (χ2v) is 7.14. The predicted molar refractivity (Wildman–Crippen MR) is 89.2 cm³/mol. The molecule has 0 amide bonds. The summed E-state index contributed by atoms with van der Waals surface area (Å²) in [6.07, 6.45) is 4.41. The molecule has 0 bridgehead atoms. The average molecular weight is 326 g/mol. The molecule has 1 aliphatic rings. The van der Waals surface area contributed by atoms with Crippen LogP contribution in [0.15, 0.2) is 46.2 Å². The van der Waals surface area contributed by atoms with Gasteiger partial charge in [-0.05, 0) is 32.3 Å². The highest BCUT2D eigenvalue weighted by atomic mass is 32.2. The third-order valence-corrected chi connectivity index (χ3v) is 4.99. The maximum Gasteiger partial charge on any atom is 0.239 e. The van der Waals surface area contributed by atoms with E-state index in [4.69, 9.17) is 4.52 Å². The molecule has 1 saturated carbocycles. The number of nitrogens with zero attached hydrogens (tertiary/aromatic N) is 4. The summed E-state index contributed by atoms with van der Waals surface area (Å²) in [5.41, 5.74) is 2.39. The van der Waals surface area contributed by atoms with Gasteiger partial charge in [0.1, 0.15) is 0 Å². The number of hydrogen-bond acceptors (Lipinski definition) is 5. The Hall–Kier alpha value is -2.08. The van der Waals surface area contributed by atoms with Gasteiger partial charge in [-0.2, -0.15) is 4.98 Å². The summed E-state index contributed by atoms with van der Waals surface area (Å²) in [5.74, 6) is 1.32. The molecule has 23 heavy (non-hydrogen) atoms. The van der Waals surface area contributed by atoms with E-state index in [1.165, 1.54) is 24.1 Å². The molecule has 0 spiro atoms. The number of hydrogen-bond donors (Lipinski definition) is 0. The molecule has 118 valence electrons. The van der Waals surface area contributed by atoms with Gasteiger partial charge in [-0.3, -0.25) is 0 Å². The van der Waals surface area contributed by atoms with E-state index < -0.39 is 0 Å². The van der Waals surface area contributed by atoms with Gasteiger partial charge in [0, 0.05) is 6.04 Å². The van der Waals surface area contributed by atoms with Crippen LogP contribution < -0.4 is 0 Å². The standard InChI is InChI=1S/C17H18N4OS/c1-11(16-19-12(2)20-22-16)23-17-18-10-15(21(17)14-8-9-14)13-6-4-3-5-7-13/h3-7,10-11,14H,8-9H2,1-2H3/t11-/m0/s1. The highest BCUT2D eigenvalue weighted by molar-refractivity contribution is 7.99. The molecule has 1 aromatic carbocycles. The summed E-state index contributed by atoms with van der Waals surface area (Å²) in [6.45, 7) is 3.91. The van der Waals surface area contributed by atoms with Crippen LogP contribution in [-0.4, -0.2) is 19.7 Å². The first kappa shape index (κ1) is 14.5. The van der Waals surface area contributed by atoms with Crippen molar-refractivity contribution in [1.82, 2.24) is 19.7 Å². The van der Waals surface area contributed by atoms with Crippen molar-refractivity contribution in [2.75, 3.05) is 0 Å². The van der Waals surface area contributed by atoms with E-state index >= 15 is 0 Å². The molecule has 6 heteroatoms. The normalized spacial score (nSPS) is 15.7. The summed E-state index contributed by atoms with van der Waals surface area (Å²) < 4.78 is 7.65. The Labute approximate surface area is 139 Å². The molecule has 1 fully saturated rings. The van der Waals surface area contributed by atoms with Gasteiger partial charge >= 0.3 is 0 Å². The molecular weight excluding hydrogens is 308 g/mol. The van der Waals surface area contributed by atoms with Crippen molar-refractivity contribution in [3.05, 3.63) is 48.2 Å². The van der Waals surface area contributed by atoms with Gasteiger partial charge in [0.2, 0.25) is 5.89 Å². The summed E-state index contributed by atoms with van der Waals surface area (Å²) in [7, 11) is 0. The Kier molecular flexibility index (Phi) is 3.69. The van der Waals surface area contributed by atoms with Crippen molar-refractivity contribution in [2.24, 2.45) is 0 Å². The molecule has 4 rings (SSSR count). The van der Waals surface area contributed by atoms with Crippen LogP contribution in [0.1, 0.15) is 42.8 Å². The highest BCUT2D eigenvalue weighted by Gasteiger charge is 2.30. The third-order valence-electron chi connectivity index (χ3n) is 3.92. The Bertz CT molecular complexity index is 807. The van der Waals surface area contributed by atoms with Crippen molar-refractivity contribution in [2.45, 2.75) is 43.1 Å². The Balaban J connectivity index is 1.65. The van der Waals surface area contributed by atoms with Crippen molar-refractivity contribution in [3.8, 4) is 11.3 Å². The zero-order chi connectivity index (χ0) is 15.8. The van der Waals surface area contributed by atoms with Crippen LogP contribution in [0.5, 0.6) is 0 Å². The minimum Gasteiger partial charge on any atom is -0.338 e. The van der Waals surface area contributed by atoms with Crippen LogP contribution in [0, 0.1) is 6.92 Å². The molecule has 5 nitrogen and oxygen atoms in total. The van der Waals surface area contributed by atoms with Crippen LogP contribution in [0.25, 0.3) is 11.3 Å². The first-order valence-corrected chi connectivity index (χ1v) is 8.70. The quantitative estimate of drug-likeness (QED) is 0.649. The van der Waals surface area contributed by atoms with Crippen LogP contribution in [0.3, 0.4) is 0 Å². The first-order chi connectivity index (χ1) is 11.2. The molecule has 0 radical (unpaired) electrons. The summed E-state index contributed by atoms with van der Waals surface area (Å²) in [6, 6.07) is 11.0. The number of imidazole rings is 1. The molecule has 1 aliphatic carbocycles. The van der Waals surface area contributed by atoms with Crippen LogP contribution in [-0.2, 0) is 0 Å². The minimum absolute atomic E-state index is 0.0831. The Morgan fingerprint density at radius 3 is 2.70 bits per heavy atom. The fourth-order valence-electron chi connectivity index (χ4n) is 2.63. The van der Waals surface area contributed by atoms with E-state index in [9.17, 15) is 0 Å². The second kappa shape index (κ2) is 5.85. The van der Waals surface area contributed by atoms with Gasteiger partial charge < -0.3 is 9.09 Å². The molecule has 2 aromatic heterocycles.